The van der Waals surface area contributed by atoms with E-state index in [0.29, 0.717) is 30.9 Å². The lowest BCUT2D eigenvalue weighted by atomic mass is 10.2. The summed E-state index contributed by atoms with van der Waals surface area (Å²) in [6, 6.07) is 6.58. The van der Waals surface area contributed by atoms with Crippen LogP contribution in [0.1, 0.15) is 48.0 Å². The molecule has 1 aliphatic rings. The number of rotatable bonds is 7. The Hall–Kier alpha value is -4.24. The highest BCUT2D eigenvalue weighted by molar-refractivity contribution is 7.93. The largest absolute Gasteiger partial charge is 0.444 e. The molecule has 1 aliphatic heterocycles. The highest BCUT2D eigenvalue weighted by Gasteiger charge is 2.38. The topological polar surface area (TPSA) is 134 Å². The Morgan fingerprint density at radius 3 is 2.28 bits per heavy atom. The minimum atomic E-state index is -4.95. The van der Waals surface area contributed by atoms with Gasteiger partial charge in [0.1, 0.15) is 34.1 Å². The molecular formula is C31H37ClF2N6O6S. The van der Waals surface area contributed by atoms with E-state index in [1.807, 2.05) is 4.90 Å². The number of sulfonamides is 1. The van der Waals surface area contributed by atoms with Gasteiger partial charge >= 0.3 is 12.2 Å². The summed E-state index contributed by atoms with van der Waals surface area (Å²) in [5.41, 5.74) is -1.02. The van der Waals surface area contributed by atoms with Crippen molar-refractivity contribution in [2.75, 3.05) is 34.7 Å². The maximum absolute atomic E-state index is 15.7. The predicted molar refractivity (Wildman–Crippen MR) is 174 cm³/mol. The molecule has 1 atom stereocenters. The Morgan fingerprint density at radius 2 is 1.66 bits per heavy atom. The maximum atomic E-state index is 15.7. The third-order valence-electron chi connectivity index (χ3n) is 6.84. The predicted octanol–water partition coefficient (Wildman–Crippen LogP) is 6.73. The highest BCUT2D eigenvalue weighted by Crippen LogP contribution is 2.37. The molecule has 0 aliphatic carbocycles. The molecule has 47 heavy (non-hydrogen) atoms. The monoisotopic (exact) mass is 694 g/mol. The van der Waals surface area contributed by atoms with E-state index in [0.717, 1.165) is 24.5 Å². The molecule has 2 heterocycles. The van der Waals surface area contributed by atoms with Gasteiger partial charge in [-0.2, -0.15) is 0 Å². The first kappa shape index (κ1) is 35.6. The average Bonchev–Trinajstić information content (AvgIpc) is 3.44. The zero-order valence-corrected chi connectivity index (χ0v) is 28.6. The van der Waals surface area contributed by atoms with E-state index in [-0.39, 0.29) is 26.9 Å². The van der Waals surface area contributed by atoms with Crippen molar-refractivity contribution in [3.05, 3.63) is 65.6 Å². The number of nitrogens with zero attached hydrogens (tertiary/aromatic N) is 5. The molecule has 254 valence electrons. The van der Waals surface area contributed by atoms with E-state index < -0.39 is 49.9 Å². The van der Waals surface area contributed by atoms with Crippen molar-refractivity contribution < 1.29 is 36.3 Å². The smallest absolute Gasteiger partial charge is 0.430 e. The van der Waals surface area contributed by atoms with Crippen molar-refractivity contribution in [3.8, 4) is 0 Å². The fourth-order valence-corrected chi connectivity index (χ4v) is 6.35. The van der Waals surface area contributed by atoms with Crippen molar-refractivity contribution >= 4 is 56.7 Å². The number of hydrogen-bond donors (Lipinski definition) is 1. The van der Waals surface area contributed by atoms with Crippen LogP contribution in [0.25, 0.3) is 0 Å². The Morgan fingerprint density at radius 1 is 1.00 bits per heavy atom. The first-order chi connectivity index (χ1) is 21.8. The summed E-state index contributed by atoms with van der Waals surface area (Å²) < 4.78 is 68.6. The lowest BCUT2D eigenvalue weighted by Crippen LogP contribution is -2.42. The molecule has 0 spiro atoms. The van der Waals surface area contributed by atoms with Crippen molar-refractivity contribution in [1.82, 2.24) is 14.9 Å². The normalized spacial score (nSPS) is 15.3. The van der Waals surface area contributed by atoms with Gasteiger partial charge in [-0.3, -0.25) is 0 Å². The molecule has 2 aromatic carbocycles. The number of amides is 2. The van der Waals surface area contributed by atoms with E-state index in [1.165, 1.54) is 29.3 Å². The lowest BCUT2D eigenvalue weighted by molar-refractivity contribution is 0.0237. The number of hydrogen-bond acceptors (Lipinski definition) is 10. The zero-order chi connectivity index (χ0) is 34.9. The number of aromatic nitrogens is 2. The van der Waals surface area contributed by atoms with E-state index in [1.54, 1.807) is 48.6 Å². The minimum Gasteiger partial charge on any atom is -0.444 e. The molecule has 1 unspecified atom stereocenters. The van der Waals surface area contributed by atoms with E-state index >= 15 is 4.39 Å². The van der Waals surface area contributed by atoms with Gasteiger partial charge in [-0.05, 0) is 72.2 Å². The number of anilines is 4. The van der Waals surface area contributed by atoms with E-state index in [9.17, 15) is 22.4 Å². The molecule has 1 saturated heterocycles. The molecule has 12 nitrogen and oxygen atoms in total. The van der Waals surface area contributed by atoms with Crippen molar-refractivity contribution in [3.63, 3.8) is 0 Å². The van der Waals surface area contributed by atoms with Gasteiger partial charge in [-0.15, -0.1) is 4.31 Å². The molecule has 0 bridgehead atoms. The van der Waals surface area contributed by atoms with Gasteiger partial charge in [0.05, 0.1) is 28.1 Å². The van der Waals surface area contributed by atoms with Crippen molar-refractivity contribution in [2.24, 2.45) is 0 Å². The van der Waals surface area contributed by atoms with Gasteiger partial charge in [0, 0.05) is 38.5 Å². The van der Waals surface area contributed by atoms with Gasteiger partial charge < -0.3 is 24.6 Å². The second kappa shape index (κ2) is 13.5. The standard InChI is InChI=1S/C31H37ClF2N6O6S/c1-30(2,3)45-28(41)38(7)20-11-13-39(17-20)25-14-19(33)8-9-23(25)37-24-16-22(34)26(15-21(24)32)47(43,44)40(27-10-12-35-18-36-27)29(42)46-31(4,5)6/h8-10,12,14-16,18,20,37H,11,13,17H2,1-7H3. The van der Waals surface area contributed by atoms with Gasteiger partial charge in [0.2, 0.25) is 0 Å². The number of benzene rings is 2. The van der Waals surface area contributed by atoms with Crippen LogP contribution in [0.2, 0.25) is 5.02 Å². The summed E-state index contributed by atoms with van der Waals surface area (Å²) in [7, 11) is -3.31. The molecule has 16 heteroatoms. The fourth-order valence-electron chi connectivity index (χ4n) is 4.72. The third kappa shape index (κ3) is 8.57. The SMILES string of the molecule is CN(C(=O)OC(C)(C)C)C1CCN(c2cc(F)ccc2Nc2cc(F)c(S(=O)(=O)N(C(=O)OC(C)(C)C)c3ccncn3)cc2Cl)C1. The maximum Gasteiger partial charge on any atom is 0.430 e. The first-order valence-electron chi connectivity index (χ1n) is 14.6. The molecule has 1 N–H and O–H groups in total. The first-order valence-corrected chi connectivity index (χ1v) is 16.4. The molecule has 3 aromatic rings. The van der Waals surface area contributed by atoms with Crippen LogP contribution in [0.5, 0.6) is 0 Å². The quantitative estimate of drug-likeness (QED) is 0.284. The second-order valence-corrected chi connectivity index (χ2v) is 15.0. The van der Waals surface area contributed by atoms with Crippen LogP contribution >= 0.6 is 11.6 Å². The molecular weight excluding hydrogens is 658 g/mol. The third-order valence-corrected chi connectivity index (χ3v) is 8.83. The molecule has 1 aromatic heterocycles. The van der Waals surface area contributed by atoms with Crippen LogP contribution in [0.15, 0.2) is 53.8 Å². The number of ether oxygens (including phenoxy) is 2. The Bertz CT molecular complexity index is 1750. The Kier molecular flexibility index (Phi) is 10.2. The Balaban J connectivity index is 1.63. The van der Waals surface area contributed by atoms with Crippen LogP contribution in [0.4, 0.5) is 41.2 Å². The van der Waals surface area contributed by atoms with Gasteiger partial charge in [0.15, 0.2) is 5.82 Å². The minimum absolute atomic E-state index is 0.0246. The van der Waals surface area contributed by atoms with Crippen LogP contribution < -0.4 is 14.5 Å². The fraction of sp³-hybridized carbons (Fsp3) is 0.419. The molecule has 0 radical (unpaired) electrons. The van der Waals surface area contributed by atoms with Crippen LogP contribution in [-0.4, -0.2) is 72.9 Å². The summed E-state index contributed by atoms with van der Waals surface area (Å²) in [5.74, 6) is -2.13. The number of halogens is 3. The number of carbonyl (C=O) groups is 2. The Labute approximate surface area is 277 Å². The summed E-state index contributed by atoms with van der Waals surface area (Å²) in [5, 5.41) is 2.76. The van der Waals surface area contributed by atoms with Gasteiger partial charge in [-0.25, -0.2) is 36.8 Å². The summed E-state index contributed by atoms with van der Waals surface area (Å²) in [6.45, 7) is 10.8. The number of likely N-dealkylation sites (N-methyl/N-ethyl adjacent to an activating group) is 1. The van der Waals surface area contributed by atoms with E-state index in [4.69, 9.17) is 21.1 Å². The van der Waals surface area contributed by atoms with E-state index in [2.05, 4.69) is 15.3 Å². The second-order valence-electron chi connectivity index (χ2n) is 12.8. The summed E-state index contributed by atoms with van der Waals surface area (Å²) in [4.78, 5) is 35.7. The van der Waals surface area contributed by atoms with Crippen LogP contribution in [0.3, 0.4) is 0 Å². The zero-order valence-electron chi connectivity index (χ0n) is 27.0. The summed E-state index contributed by atoms with van der Waals surface area (Å²) in [6.07, 6.45) is 1.02. The lowest BCUT2D eigenvalue weighted by Gasteiger charge is -2.29. The average molecular weight is 695 g/mol. The molecule has 1 fully saturated rings. The van der Waals surface area contributed by atoms with Crippen LogP contribution in [0, 0.1) is 11.6 Å². The number of carbonyl (C=O) groups excluding carboxylic acids is 2. The molecule has 2 amide bonds. The van der Waals surface area contributed by atoms with Crippen LogP contribution in [-0.2, 0) is 19.5 Å². The molecule has 4 rings (SSSR count). The van der Waals surface area contributed by atoms with Gasteiger partial charge in [-0.1, -0.05) is 11.6 Å². The molecule has 0 saturated carbocycles. The summed E-state index contributed by atoms with van der Waals surface area (Å²) >= 11 is 6.49. The van der Waals surface area contributed by atoms with Crippen molar-refractivity contribution in [2.45, 2.75) is 70.1 Å². The van der Waals surface area contributed by atoms with Gasteiger partial charge in [0.25, 0.3) is 10.0 Å². The van der Waals surface area contributed by atoms with Crippen molar-refractivity contribution in [1.29, 1.82) is 0 Å². The number of nitrogens with one attached hydrogen (secondary N) is 1. The highest BCUT2D eigenvalue weighted by atomic mass is 35.5.